The lowest BCUT2D eigenvalue weighted by atomic mass is 10.0. The highest BCUT2D eigenvalue weighted by Gasteiger charge is 2.20. The Morgan fingerprint density at radius 3 is 2.67 bits per heavy atom. The molecule has 7 nitrogen and oxygen atoms in total. The molecular weight excluding hydrogens is 306 g/mol. The summed E-state index contributed by atoms with van der Waals surface area (Å²) >= 11 is 0. The third-order valence-electron chi connectivity index (χ3n) is 3.71. The first kappa shape index (κ1) is 17.9. The van der Waals surface area contributed by atoms with Gasteiger partial charge in [0.2, 0.25) is 0 Å². The molecule has 0 aliphatic heterocycles. The molecule has 2 rings (SSSR count). The maximum atomic E-state index is 12.7. The number of hydrogen-bond acceptors (Lipinski definition) is 5. The van der Waals surface area contributed by atoms with Crippen molar-refractivity contribution >= 4 is 16.9 Å². The number of nitrogens with one attached hydrogen (secondary N) is 1. The standard InChI is InChI=1S/C17H23N5O2/c1-10(2)15-6-13(17(23)20-12(7-18)9-24-5)14-8-19-22(11(3)4)16(14)21-15/h6,8,10-12H,9H2,1-5H3,(H,20,23)/t12-/m0/s1. The van der Waals surface area contributed by atoms with Crippen LogP contribution in [-0.4, -0.2) is 40.4 Å². The van der Waals surface area contributed by atoms with Crippen LogP contribution in [0.5, 0.6) is 0 Å². The Bertz CT molecular complexity index is 773. The highest BCUT2D eigenvalue weighted by Crippen LogP contribution is 2.24. The maximum absolute atomic E-state index is 12.7. The number of pyridine rings is 1. The van der Waals surface area contributed by atoms with E-state index < -0.39 is 6.04 Å². The number of aromatic nitrogens is 3. The smallest absolute Gasteiger partial charge is 0.253 e. The Morgan fingerprint density at radius 1 is 1.42 bits per heavy atom. The number of nitriles is 1. The summed E-state index contributed by atoms with van der Waals surface area (Å²) in [5.41, 5.74) is 1.98. The predicted molar refractivity (Wildman–Crippen MR) is 90.7 cm³/mol. The van der Waals surface area contributed by atoms with E-state index >= 15 is 0 Å². The second-order valence-corrected chi connectivity index (χ2v) is 6.28. The molecular formula is C17H23N5O2. The minimum atomic E-state index is -0.701. The van der Waals surface area contributed by atoms with Crippen molar-refractivity contribution < 1.29 is 9.53 Å². The van der Waals surface area contributed by atoms with Crippen molar-refractivity contribution in [3.8, 4) is 6.07 Å². The lowest BCUT2D eigenvalue weighted by Crippen LogP contribution is -2.37. The largest absolute Gasteiger partial charge is 0.381 e. The molecule has 0 bridgehead atoms. The summed E-state index contributed by atoms with van der Waals surface area (Å²) in [6.07, 6.45) is 1.65. The Morgan fingerprint density at radius 2 is 2.12 bits per heavy atom. The van der Waals surface area contributed by atoms with E-state index in [-0.39, 0.29) is 24.5 Å². The second-order valence-electron chi connectivity index (χ2n) is 6.28. The first-order valence-corrected chi connectivity index (χ1v) is 7.96. The molecule has 0 aromatic carbocycles. The number of hydrogen-bond donors (Lipinski definition) is 1. The fraction of sp³-hybridized carbons (Fsp3) is 0.529. The van der Waals surface area contributed by atoms with Crippen LogP contribution >= 0.6 is 0 Å². The summed E-state index contributed by atoms with van der Waals surface area (Å²) in [4.78, 5) is 17.3. The summed E-state index contributed by atoms with van der Waals surface area (Å²) in [6.45, 7) is 8.21. The number of ether oxygens (including phenoxy) is 1. The number of carbonyl (C=O) groups excluding carboxylic acids is 1. The van der Waals surface area contributed by atoms with Gasteiger partial charge in [0.05, 0.1) is 29.8 Å². The van der Waals surface area contributed by atoms with Crippen LogP contribution in [0.4, 0.5) is 0 Å². The average molecular weight is 329 g/mol. The zero-order valence-corrected chi connectivity index (χ0v) is 14.7. The van der Waals surface area contributed by atoms with E-state index in [0.717, 1.165) is 5.69 Å². The van der Waals surface area contributed by atoms with Gasteiger partial charge >= 0.3 is 0 Å². The molecule has 24 heavy (non-hydrogen) atoms. The van der Waals surface area contributed by atoms with Gasteiger partial charge in [-0.15, -0.1) is 0 Å². The highest BCUT2D eigenvalue weighted by molar-refractivity contribution is 6.05. The molecule has 0 saturated carbocycles. The minimum Gasteiger partial charge on any atom is -0.381 e. The molecule has 7 heteroatoms. The number of nitrogens with zero attached hydrogens (tertiary/aromatic N) is 4. The van der Waals surface area contributed by atoms with E-state index in [1.807, 2.05) is 33.8 Å². The average Bonchev–Trinajstić information content (AvgIpc) is 2.97. The van der Waals surface area contributed by atoms with Crippen LogP contribution in [0.1, 0.15) is 55.7 Å². The molecule has 0 saturated heterocycles. The number of fused-ring (bicyclic) bond motifs is 1. The summed E-state index contributed by atoms with van der Waals surface area (Å²) < 4.78 is 6.75. The van der Waals surface area contributed by atoms with Crippen molar-refractivity contribution in [3.05, 3.63) is 23.5 Å². The van der Waals surface area contributed by atoms with Crippen LogP contribution in [0.2, 0.25) is 0 Å². The summed E-state index contributed by atoms with van der Waals surface area (Å²) in [7, 11) is 1.49. The highest BCUT2D eigenvalue weighted by atomic mass is 16.5. The molecule has 0 spiro atoms. The van der Waals surface area contributed by atoms with Crippen LogP contribution in [0.25, 0.3) is 11.0 Å². The van der Waals surface area contributed by atoms with E-state index in [9.17, 15) is 4.79 Å². The Labute approximate surface area is 141 Å². The van der Waals surface area contributed by atoms with Gasteiger partial charge < -0.3 is 10.1 Å². The molecule has 0 radical (unpaired) electrons. The first-order valence-electron chi connectivity index (χ1n) is 7.96. The quantitative estimate of drug-likeness (QED) is 0.878. The van der Waals surface area contributed by atoms with Crippen molar-refractivity contribution in [1.29, 1.82) is 5.26 Å². The molecule has 0 aliphatic rings. The van der Waals surface area contributed by atoms with Crippen LogP contribution in [0.15, 0.2) is 12.3 Å². The maximum Gasteiger partial charge on any atom is 0.253 e. The molecule has 1 atom stereocenters. The van der Waals surface area contributed by atoms with Crippen molar-refractivity contribution in [3.63, 3.8) is 0 Å². The van der Waals surface area contributed by atoms with Crippen molar-refractivity contribution in [2.24, 2.45) is 0 Å². The molecule has 0 fully saturated rings. The normalized spacial score (nSPS) is 12.6. The zero-order chi connectivity index (χ0) is 17.9. The Hall–Kier alpha value is -2.46. The molecule has 0 aliphatic carbocycles. The van der Waals surface area contributed by atoms with Gasteiger partial charge in [-0.1, -0.05) is 13.8 Å². The predicted octanol–water partition coefficient (Wildman–Crippen LogP) is 2.40. The summed E-state index contributed by atoms with van der Waals surface area (Å²) in [5, 5.41) is 16.8. The number of carbonyl (C=O) groups is 1. The van der Waals surface area contributed by atoms with Crippen LogP contribution in [0.3, 0.4) is 0 Å². The van der Waals surface area contributed by atoms with Crippen molar-refractivity contribution in [2.75, 3.05) is 13.7 Å². The topological polar surface area (TPSA) is 92.8 Å². The van der Waals surface area contributed by atoms with Crippen LogP contribution in [0, 0.1) is 11.3 Å². The second kappa shape index (κ2) is 7.41. The lowest BCUT2D eigenvalue weighted by molar-refractivity contribution is 0.0920. The third-order valence-corrected chi connectivity index (χ3v) is 3.71. The van der Waals surface area contributed by atoms with Gasteiger partial charge in [0.1, 0.15) is 6.04 Å². The molecule has 0 unspecified atom stereocenters. The lowest BCUT2D eigenvalue weighted by Gasteiger charge is -2.14. The molecule has 1 amide bonds. The Kier molecular flexibility index (Phi) is 5.52. The van der Waals surface area contributed by atoms with Crippen LogP contribution in [-0.2, 0) is 4.74 Å². The number of amides is 1. The van der Waals surface area contributed by atoms with E-state index in [1.165, 1.54) is 7.11 Å². The van der Waals surface area contributed by atoms with E-state index in [2.05, 4.69) is 15.4 Å². The van der Waals surface area contributed by atoms with Gasteiger partial charge in [-0.2, -0.15) is 10.4 Å². The van der Waals surface area contributed by atoms with Gasteiger partial charge in [0, 0.05) is 18.8 Å². The fourth-order valence-electron chi connectivity index (χ4n) is 2.41. The number of rotatable bonds is 6. The fourth-order valence-corrected chi connectivity index (χ4v) is 2.41. The summed E-state index contributed by atoms with van der Waals surface area (Å²) in [5.74, 6) is -0.154. The zero-order valence-electron chi connectivity index (χ0n) is 14.7. The molecule has 2 heterocycles. The summed E-state index contributed by atoms with van der Waals surface area (Å²) in [6, 6.07) is 3.23. The minimum absolute atomic E-state index is 0.133. The Balaban J connectivity index is 2.52. The van der Waals surface area contributed by atoms with Gasteiger partial charge in [-0.25, -0.2) is 9.67 Å². The monoisotopic (exact) mass is 329 g/mol. The van der Waals surface area contributed by atoms with Crippen molar-refractivity contribution in [1.82, 2.24) is 20.1 Å². The van der Waals surface area contributed by atoms with E-state index in [4.69, 9.17) is 10.00 Å². The van der Waals surface area contributed by atoms with E-state index in [1.54, 1.807) is 16.9 Å². The first-order chi connectivity index (χ1) is 11.4. The SMILES string of the molecule is COC[C@H](C#N)NC(=O)c1cc(C(C)C)nc2c1cnn2C(C)C. The van der Waals surface area contributed by atoms with Gasteiger partial charge in [-0.3, -0.25) is 4.79 Å². The molecule has 128 valence electrons. The molecule has 2 aromatic rings. The third kappa shape index (κ3) is 3.54. The van der Waals surface area contributed by atoms with Gasteiger partial charge in [0.15, 0.2) is 5.65 Å². The van der Waals surface area contributed by atoms with Gasteiger partial charge in [0.25, 0.3) is 5.91 Å². The molecule has 2 aromatic heterocycles. The van der Waals surface area contributed by atoms with Crippen molar-refractivity contribution in [2.45, 2.75) is 45.7 Å². The van der Waals surface area contributed by atoms with Gasteiger partial charge in [-0.05, 0) is 25.8 Å². The van der Waals surface area contributed by atoms with E-state index in [0.29, 0.717) is 16.6 Å². The molecule has 1 N–H and O–H groups in total. The van der Waals surface area contributed by atoms with Crippen LogP contribution < -0.4 is 5.32 Å². The number of methoxy groups -OCH3 is 1.